The van der Waals surface area contributed by atoms with Gasteiger partial charge < -0.3 is 0 Å². The second kappa shape index (κ2) is 8.47. The van der Waals surface area contributed by atoms with Crippen LogP contribution in [0.25, 0.3) is 0 Å². The molecule has 0 aromatic rings. The zero-order chi connectivity index (χ0) is 10.3. The summed E-state index contributed by atoms with van der Waals surface area (Å²) in [6.07, 6.45) is 13.2. The molecular weight excluding hydrogens is 207 g/mol. The van der Waals surface area contributed by atoms with Gasteiger partial charge in [0.25, 0.3) is 0 Å². The smallest absolute Gasteiger partial charge is 0.0898 e. The van der Waals surface area contributed by atoms with Crippen LogP contribution in [0.2, 0.25) is 0 Å². The molecule has 0 aromatic heterocycles. The van der Waals surface area contributed by atoms with Crippen LogP contribution in [0.15, 0.2) is 9.98 Å². The summed E-state index contributed by atoms with van der Waals surface area (Å²) in [6.45, 7) is 0. The molecule has 85 valence electrons. The minimum Gasteiger partial charge on any atom is -0.222 e. The molecule has 2 aliphatic rings. The van der Waals surface area contributed by atoms with Gasteiger partial charge in [0.1, 0.15) is 0 Å². The van der Waals surface area contributed by atoms with Crippen molar-refractivity contribution in [1.82, 2.24) is 0 Å². The SMILES string of the molecule is C(=NC1CCCCC1)=NC1CCCCC1.[Na]. The first-order chi connectivity index (χ1) is 7.45. The van der Waals surface area contributed by atoms with E-state index in [1.165, 1.54) is 64.2 Å². The van der Waals surface area contributed by atoms with Crippen molar-refractivity contribution in [2.45, 2.75) is 76.3 Å². The van der Waals surface area contributed by atoms with Crippen molar-refractivity contribution >= 4 is 35.6 Å². The number of nitrogens with zero attached hydrogens (tertiary/aromatic N) is 2. The van der Waals surface area contributed by atoms with Gasteiger partial charge in [0.15, 0.2) is 0 Å². The molecule has 0 saturated heterocycles. The normalized spacial score (nSPS) is 23.0. The number of hydrogen-bond donors (Lipinski definition) is 0. The Morgan fingerprint density at radius 3 is 1.38 bits per heavy atom. The summed E-state index contributed by atoms with van der Waals surface area (Å²) < 4.78 is 0. The maximum Gasteiger partial charge on any atom is 0.0898 e. The Bertz CT molecular complexity index is 212. The minimum atomic E-state index is 0. The van der Waals surface area contributed by atoms with E-state index in [0.29, 0.717) is 12.1 Å². The predicted octanol–water partition coefficient (Wildman–Crippen LogP) is 3.44. The monoisotopic (exact) mass is 229 g/mol. The van der Waals surface area contributed by atoms with Gasteiger partial charge in [0.05, 0.1) is 18.1 Å². The average Bonchev–Trinajstić information content (AvgIpc) is 2.32. The van der Waals surface area contributed by atoms with E-state index in [0.717, 1.165) is 0 Å². The summed E-state index contributed by atoms with van der Waals surface area (Å²) in [4.78, 5) is 8.92. The quantitative estimate of drug-likeness (QED) is 0.512. The Balaban J connectivity index is 0.00000128. The Morgan fingerprint density at radius 2 is 1.00 bits per heavy atom. The van der Waals surface area contributed by atoms with Crippen LogP contribution >= 0.6 is 0 Å². The molecule has 0 spiro atoms. The van der Waals surface area contributed by atoms with E-state index in [4.69, 9.17) is 0 Å². The van der Waals surface area contributed by atoms with Crippen molar-refractivity contribution in [3.8, 4) is 0 Å². The topological polar surface area (TPSA) is 24.7 Å². The third-order valence-corrected chi connectivity index (χ3v) is 3.63. The van der Waals surface area contributed by atoms with Crippen molar-refractivity contribution in [3.05, 3.63) is 0 Å². The molecule has 0 unspecified atom stereocenters. The molecule has 2 rings (SSSR count). The first-order valence-electron chi connectivity index (χ1n) is 6.60. The first kappa shape index (κ1) is 14.4. The summed E-state index contributed by atoms with van der Waals surface area (Å²) in [5.74, 6) is 0. The van der Waals surface area contributed by atoms with Gasteiger partial charge >= 0.3 is 0 Å². The van der Waals surface area contributed by atoms with Gasteiger partial charge in [-0.2, -0.15) is 0 Å². The molecule has 2 saturated carbocycles. The fraction of sp³-hybridized carbons (Fsp3) is 0.923. The molecule has 0 aromatic carbocycles. The molecule has 0 N–H and O–H groups in total. The van der Waals surface area contributed by atoms with Gasteiger partial charge in [0.2, 0.25) is 0 Å². The summed E-state index contributed by atoms with van der Waals surface area (Å²) in [5.41, 5.74) is 0. The Kier molecular flexibility index (Phi) is 7.64. The van der Waals surface area contributed by atoms with Gasteiger partial charge in [-0.15, -0.1) is 0 Å². The molecule has 1 radical (unpaired) electrons. The van der Waals surface area contributed by atoms with Gasteiger partial charge in [-0.1, -0.05) is 38.5 Å². The fourth-order valence-corrected chi connectivity index (χ4v) is 2.62. The van der Waals surface area contributed by atoms with Crippen molar-refractivity contribution < 1.29 is 0 Å². The first-order valence-corrected chi connectivity index (χ1v) is 6.60. The van der Waals surface area contributed by atoms with Crippen LogP contribution in [0.3, 0.4) is 0 Å². The number of rotatable bonds is 2. The van der Waals surface area contributed by atoms with Crippen LogP contribution in [0.4, 0.5) is 0 Å². The van der Waals surface area contributed by atoms with Crippen LogP contribution < -0.4 is 0 Å². The summed E-state index contributed by atoms with van der Waals surface area (Å²) in [6, 6.07) is 4.04. The van der Waals surface area contributed by atoms with E-state index in [1.54, 1.807) is 0 Å². The van der Waals surface area contributed by atoms with Crippen LogP contribution in [0.1, 0.15) is 64.2 Å². The molecule has 2 fully saturated rings. The Labute approximate surface area is 121 Å². The summed E-state index contributed by atoms with van der Waals surface area (Å²) >= 11 is 0. The van der Waals surface area contributed by atoms with Gasteiger partial charge in [-0.3, -0.25) is 0 Å². The van der Waals surface area contributed by atoms with Crippen LogP contribution in [0.5, 0.6) is 0 Å². The number of hydrogen-bond acceptors (Lipinski definition) is 2. The Morgan fingerprint density at radius 1 is 0.625 bits per heavy atom. The molecule has 0 heterocycles. The van der Waals surface area contributed by atoms with Crippen LogP contribution in [0, 0.1) is 0 Å². The van der Waals surface area contributed by atoms with E-state index < -0.39 is 0 Å². The largest absolute Gasteiger partial charge is 0.222 e. The molecule has 16 heavy (non-hydrogen) atoms. The summed E-state index contributed by atoms with van der Waals surface area (Å²) in [7, 11) is 0. The standard InChI is InChI=1S/C13H22N2.Na/c1-3-7-12(8-4-1)14-11-15-13-9-5-2-6-10-13;/h12-13H,1-10H2;. The molecule has 0 amide bonds. The molecule has 3 heteroatoms. The fourth-order valence-electron chi connectivity index (χ4n) is 2.62. The third-order valence-electron chi connectivity index (χ3n) is 3.63. The maximum atomic E-state index is 4.46. The number of aliphatic imine (C=N–C) groups is 2. The zero-order valence-corrected chi connectivity index (χ0v) is 12.6. The van der Waals surface area contributed by atoms with E-state index in [1.807, 2.05) is 0 Å². The van der Waals surface area contributed by atoms with E-state index in [-0.39, 0.29) is 29.6 Å². The summed E-state index contributed by atoms with van der Waals surface area (Å²) in [5, 5.41) is 0. The Hall–Kier alpha value is 0.380. The maximum absolute atomic E-state index is 4.46. The van der Waals surface area contributed by atoms with Crippen molar-refractivity contribution in [2.24, 2.45) is 9.98 Å². The molecule has 0 bridgehead atoms. The molecule has 2 aliphatic carbocycles. The molecule has 2 nitrogen and oxygen atoms in total. The van der Waals surface area contributed by atoms with Crippen LogP contribution in [-0.2, 0) is 0 Å². The van der Waals surface area contributed by atoms with Gasteiger partial charge in [-0.25, -0.2) is 9.98 Å². The second-order valence-corrected chi connectivity index (χ2v) is 4.94. The van der Waals surface area contributed by atoms with E-state index >= 15 is 0 Å². The van der Waals surface area contributed by atoms with E-state index in [2.05, 4.69) is 16.0 Å². The second-order valence-electron chi connectivity index (χ2n) is 4.94. The zero-order valence-electron chi connectivity index (χ0n) is 10.6. The van der Waals surface area contributed by atoms with E-state index in [9.17, 15) is 0 Å². The average molecular weight is 229 g/mol. The van der Waals surface area contributed by atoms with Crippen molar-refractivity contribution in [2.75, 3.05) is 0 Å². The minimum absolute atomic E-state index is 0. The van der Waals surface area contributed by atoms with Crippen molar-refractivity contribution in [1.29, 1.82) is 0 Å². The third kappa shape index (κ3) is 5.14. The molecule has 0 atom stereocenters. The predicted molar refractivity (Wildman–Crippen MR) is 69.4 cm³/mol. The van der Waals surface area contributed by atoms with Crippen molar-refractivity contribution in [3.63, 3.8) is 0 Å². The van der Waals surface area contributed by atoms with Gasteiger partial charge in [-0.05, 0) is 25.7 Å². The molecule has 0 aliphatic heterocycles. The van der Waals surface area contributed by atoms with Gasteiger partial charge in [0, 0.05) is 29.6 Å². The molecular formula is C13H22N2Na. The van der Waals surface area contributed by atoms with Crippen LogP contribution in [-0.4, -0.2) is 47.6 Å².